The van der Waals surface area contributed by atoms with Crippen molar-refractivity contribution in [2.24, 2.45) is 0 Å². The molecule has 0 saturated heterocycles. The first-order chi connectivity index (χ1) is 10.9. The lowest BCUT2D eigenvalue weighted by Gasteiger charge is -2.10. The second-order valence-electron chi connectivity index (χ2n) is 4.48. The minimum absolute atomic E-state index is 0.120. The van der Waals surface area contributed by atoms with E-state index in [0.29, 0.717) is 5.56 Å². The molecule has 2 aromatic rings. The fourth-order valence-electron chi connectivity index (χ4n) is 1.84. The first-order valence-electron chi connectivity index (χ1n) is 6.46. The topological polar surface area (TPSA) is 50.1 Å². The Morgan fingerprint density at radius 3 is 2.57 bits per heavy atom. The van der Waals surface area contributed by atoms with E-state index in [1.807, 2.05) is 6.07 Å². The molecule has 0 aliphatic heterocycles. The first-order valence-corrected chi connectivity index (χ1v) is 6.46. The predicted octanol–water partition coefficient (Wildman–Crippen LogP) is 4.35. The van der Waals surface area contributed by atoms with E-state index in [1.54, 1.807) is 12.1 Å². The molecular weight excluding hydrogens is 307 g/mol. The van der Waals surface area contributed by atoms with E-state index in [4.69, 9.17) is 5.26 Å². The van der Waals surface area contributed by atoms with Gasteiger partial charge in [0.1, 0.15) is 5.75 Å². The number of halogens is 3. The molecule has 0 aliphatic carbocycles. The predicted molar refractivity (Wildman–Crippen MR) is 77.6 cm³/mol. The van der Waals surface area contributed by atoms with Crippen molar-refractivity contribution in [3.05, 3.63) is 71.3 Å². The number of rotatable bonds is 4. The van der Waals surface area contributed by atoms with Gasteiger partial charge in [-0.1, -0.05) is 30.3 Å². The van der Waals surface area contributed by atoms with E-state index in [-0.39, 0.29) is 11.1 Å². The number of allylic oxidation sites excluding steroid dienone is 1. The molecule has 23 heavy (non-hydrogen) atoms. The number of carbonyl (C=O) groups is 1. The maximum Gasteiger partial charge on any atom is 0.573 e. The molecule has 0 N–H and O–H groups in total. The van der Waals surface area contributed by atoms with E-state index >= 15 is 0 Å². The monoisotopic (exact) mass is 317 g/mol. The molecule has 2 aromatic carbocycles. The Hall–Kier alpha value is -3.07. The van der Waals surface area contributed by atoms with E-state index in [9.17, 15) is 18.0 Å². The Labute approximate surface area is 130 Å². The van der Waals surface area contributed by atoms with Crippen LogP contribution in [0.1, 0.15) is 21.5 Å². The number of nitriles is 1. The standard InChI is InChI=1S/C17H10F3NO2/c18-17(19,20)23-16-7-2-1-5-13(16)8-9-15(22)14-6-3-4-12(10-14)11-21/h1-10H/b9-8+. The van der Waals surface area contributed by atoms with Gasteiger partial charge in [-0.2, -0.15) is 5.26 Å². The lowest BCUT2D eigenvalue weighted by molar-refractivity contribution is -0.274. The molecule has 0 bridgehead atoms. The molecular formula is C17H10F3NO2. The number of nitrogens with zero attached hydrogens (tertiary/aromatic N) is 1. The van der Waals surface area contributed by atoms with Gasteiger partial charge in [-0.3, -0.25) is 4.79 Å². The third-order valence-electron chi connectivity index (χ3n) is 2.84. The van der Waals surface area contributed by atoms with Gasteiger partial charge in [0.2, 0.25) is 0 Å². The van der Waals surface area contributed by atoms with Crippen LogP contribution in [0.3, 0.4) is 0 Å². The summed E-state index contributed by atoms with van der Waals surface area (Å²) in [4.78, 5) is 12.0. The van der Waals surface area contributed by atoms with Crippen LogP contribution in [-0.2, 0) is 0 Å². The summed E-state index contributed by atoms with van der Waals surface area (Å²) in [6.45, 7) is 0. The fraction of sp³-hybridized carbons (Fsp3) is 0.0588. The molecule has 0 radical (unpaired) electrons. The summed E-state index contributed by atoms with van der Waals surface area (Å²) in [6.07, 6.45) is -2.44. The van der Waals surface area contributed by atoms with Crippen LogP contribution in [0, 0.1) is 11.3 Å². The van der Waals surface area contributed by atoms with E-state index < -0.39 is 17.9 Å². The van der Waals surface area contributed by atoms with Crippen LogP contribution in [0.5, 0.6) is 5.75 Å². The van der Waals surface area contributed by atoms with Crippen molar-refractivity contribution >= 4 is 11.9 Å². The zero-order valence-electron chi connectivity index (χ0n) is 11.7. The summed E-state index contributed by atoms with van der Waals surface area (Å²) in [7, 11) is 0. The highest BCUT2D eigenvalue weighted by atomic mass is 19.4. The Kier molecular flexibility index (Phi) is 4.82. The van der Waals surface area contributed by atoms with Crippen molar-refractivity contribution in [3.63, 3.8) is 0 Å². The Bertz CT molecular complexity index is 789. The van der Waals surface area contributed by atoms with Crippen molar-refractivity contribution in [3.8, 4) is 11.8 Å². The van der Waals surface area contributed by atoms with E-state index in [2.05, 4.69) is 4.74 Å². The smallest absolute Gasteiger partial charge is 0.405 e. The van der Waals surface area contributed by atoms with Gasteiger partial charge >= 0.3 is 6.36 Å². The maximum atomic E-state index is 12.3. The molecule has 0 unspecified atom stereocenters. The number of hydrogen-bond acceptors (Lipinski definition) is 3. The van der Waals surface area contributed by atoms with Crippen molar-refractivity contribution in [1.29, 1.82) is 5.26 Å². The largest absolute Gasteiger partial charge is 0.573 e. The molecule has 0 aromatic heterocycles. The maximum absolute atomic E-state index is 12.3. The van der Waals surface area contributed by atoms with Gasteiger partial charge in [0.05, 0.1) is 11.6 Å². The number of para-hydroxylation sites is 1. The summed E-state index contributed by atoms with van der Waals surface area (Å²) in [6, 6.07) is 13.4. The summed E-state index contributed by atoms with van der Waals surface area (Å²) < 4.78 is 40.9. The molecule has 0 heterocycles. The Balaban J connectivity index is 2.23. The lowest BCUT2D eigenvalue weighted by Crippen LogP contribution is -2.17. The Morgan fingerprint density at radius 1 is 1.13 bits per heavy atom. The molecule has 2 rings (SSSR count). The van der Waals surface area contributed by atoms with Crippen LogP contribution >= 0.6 is 0 Å². The molecule has 116 valence electrons. The first kappa shape index (κ1) is 16.3. The third kappa shape index (κ3) is 4.71. The van der Waals surface area contributed by atoms with Crippen LogP contribution in [0.15, 0.2) is 54.6 Å². The van der Waals surface area contributed by atoms with E-state index in [1.165, 1.54) is 36.4 Å². The third-order valence-corrected chi connectivity index (χ3v) is 2.84. The van der Waals surface area contributed by atoms with Crippen molar-refractivity contribution in [2.45, 2.75) is 6.36 Å². The average molecular weight is 317 g/mol. The zero-order valence-corrected chi connectivity index (χ0v) is 11.7. The number of alkyl halides is 3. The lowest BCUT2D eigenvalue weighted by atomic mass is 10.1. The SMILES string of the molecule is N#Cc1cccc(C(=O)/C=C/c2ccccc2OC(F)(F)F)c1. The van der Waals surface area contributed by atoms with Gasteiger partial charge in [-0.25, -0.2) is 0 Å². The van der Waals surface area contributed by atoms with Crippen LogP contribution < -0.4 is 4.74 Å². The molecule has 0 saturated carbocycles. The Morgan fingerprint density at radius 2 is 1.87 bits per heavy atom. The molecule has 0 amide bonds. The minimum atomic E-state index is -4.81. The molecule has 6 heteroatoms. The quantitative estimate of drug-likeness (QED) is 0.622. The average Bonchev–Trinajstić information content (AvgIpc) is 2.52. The number of benzene rings is 2. The highest BCUT2D eigenvalue weighted by molar-refractivity contribution is 6.07. The summed E-state index contributed by atoms with van der Waals surface area (Å²) in [5.74, 6) is -0.821. The van der Waals surface area contributed by atoms with Crippen LogP contribution in [-0.4, -0.2) is 12.1 Å². The minimum Gasteiger partial charge on any atom is -0.405 e. The summed E-state index contributed by atoms with van der Waals surface area (Å²) in [5, 5.41) is 8.79. The number of ketones is 1. The summed E-state index contributed by atoms with van der Waals surface area (Å²) >= 11 is 0. The van der Waals surface area contributed by atoms with Crippen molar-refractivity contribution in [1.82, 2.24) is 0 Å². The molecule has 3 nitrogen and oxygen atoms in total. The normalized spacial score (nSPS) is 11.2. The molecule has 0 atom stereocenters. The second-order valence-corrected chi connectivity index (χ2v) is 4.48. The number of carbonyl (C=O) groups excluding carboxylic acids is 1. The van der Waals surface area contributed by atoms with Crippen LogP contribution in [0.25, 0.3) is 6.08 Å². The zero-order chi connectivity index (χ0) is 16.9. The van der Waals surface area contributed by atoms with Gasteiger partial charge in [0, 0.05) is 11.1 Å². The highest BCUT2D eigenvalue weighted by Gasteiger charge is 2.31. The fourth-order valence-corrected chi connectivity index (χ4v) is 1.84. The number of hydrogen-bond donors (Lipinski definition) is 0. The van der Waals surface area contributed by atoms with Gasteiger partial charge in [0.15, 0.2) is 5.78 Å². The summed E-state index contributed by atoms with van der Waals surface area (Å²) in [5.41, 5.74) is 0.717. The van der Waals surface area contributed by atoms with E-state index in [0.717, 1.165) is 12.1 Å². The molecule has 0 fully saturated rings. The van der Waals surface area contributed by atoms with Crippen LogP contribution in [0.2, 0.25) is 0 Å². The van der Waals surface area contributed by atoms with Gasteiger partial charge < -0.3 is 4.74 Å². The van der Waals surface area contributed by atoms with Crippen LogP contribution in [0.4, 0.5) is 13.2 Å². The van der Waals surface area contributed by atoms with Crippen molar-refractivity contribution in [2.75, 3.05) is 0 Å². The number of ether oxygens (including phenoxy) is 1. The molecule has 0 aliphatic rings. The van der Waals surface area contributed by atoms with Gasteiger partial charge in [-0.15, -0.1) is 13.2 Å². The van der Waals surface area contributed by atoms with Gasteiger partial charge in [0.25, 0.3) is 0 Å². The second kappa shape index (κ2) is 6.79. The molecule has 0 spiro atoms. The van der Waals surface area contributed by atoms with Crippen molar-refractivity contribution < 1.29 is 22.7 Å². The highest BCUT2D eigenvalue weighted by Crippen LogP contribution is 2.27. The van der Waals surface area contributed by atoms with Gasteiger partial charge in [-0.05, 0) is 30.4 Å².